The first-order chi connectivity index (χ1) is 21.7. The summed E-state index contributed by atoms with van der Waals surface area (Å²) in [5.74, 6) is 0. The molecule has 0 bridgehead atoms. The van der Waals surface area contributed by atoms with Crippen molar-refractivity contribution in [3.05, 3.63) is 167 Å². The Morgan fingerprint density at radius 2 is 1.23 bits per heavy atom. The Bertz CT molecular complexity index is 1550. The van der Waals surface area contributed by atoms with Crippen molar-refractivity contribution in [3.63, 3.8) is 0 Å². The molecule has 0 aromatic heterocycles. The maximum absolute atomic E-state index is 9.59. The number of benzene rings is 5. The van der Waals surface area contributed by atoms with E-state index < -0.39 is 6.29 Å². The van der Waals surface area contributed by atoms with Crippen LogP contribution in [0.5, 0.6) is 0 Å². The highest BCUT2D eigenvalue weighted by Gasteiger charge is 2.33. The summed E-state index contributed by atoms with van der Waals surface area (Å²) in [4.78, 5) is 2.47. The molecule has 5 heteroatoms. The van der Waals surface area contributed by atoms with Crippen LogP contribution in [0.1, 0.15) is 52.2 Å². The molecule has 3 N–H and O–H groups in total. The topological polar surface area (TPSA) is 68.0 Å². The number of rotatable bonds is 11. The van der Waals surface area contributed by atoms with Crippen LogP contribution in [0.3, 0.4) is 0 Å². The molecular weight excluding hydrogens is 544 g/mol. The largest absolute Gasteiger partial charge is 0.392 e. The van der Waals surface area contributed by atoms with Gasteiger partial charge in [0.15, 0.2) is 6.29 Å². The van der Waals surface area contributed by atoms with Crippen LogP contribution in [0.4, 0.5) is 0 Å². The minimum atomic E-state index is -0.509. The van der Waals surface area contributed by atoms with Gasteiger partial charge in [-0.3, -0.25) is 4.90 Å². The van der Waals surface area contributed by atoms with Crippen LogP contribution >= 0.6 is 0 Å². The predicted octanol–water partition coefficient (Wildman–Crippen LogP) is 7.55. The third kappa shape index (κ3) is 7.51. The molecule has 0 aliphatic carbocycles. The summed E-state index contributed by atoms with van der Waals surface area (Å²) in [6.07, 6.45) is 0.0305. The number of aliphatic hydroxyl groups is 1. The molecule has 5 aromatic carbocycles. The fourth-order valence-electron chi connectivity index (χ4n) is 5.99. The Balaban J connectivity index is 1.27. The van der Waals surface area contributed by atoms with Gasteiger partial charge in [0.05, 0.1) is 18.8 Å². The lowest BCUT2D eigenvalue weighted by Crippen LogP contribution is -2.39. The zero-order chi connectivity index (χ0) is 30.1. The molecule has 0 saturated carbocycles. The zero-order valence-corrected chi connectivity index (χ0v) is 25.0. The predicted molar refractivity (Wildman–Crippen MR) is 175 cm³/mol. The van der Waals surface area contributed by atoms with E-state index in [2.05, 4.69) is 114 Å². The second kappa shape index (κ2) is 14.6. The summed E-state index contributed by atoms with van der Waals surface area (Å²) < 4.78 is 13.4. The van der Waals surface area contributed by atoms with Gasteiger partial charge in [0.2, 0.25) is 0 Å². The highest BCUT2D eigenvalue weighted by Crippen LogP contribution is 2.39. The molecule has 6 rings (SSSR count). The van der Waals surface area contributed by atoms with Crippen molar-refractivity contribution in [2.75, 3.05) is 6.54 Å². The van der Waals surface area contributed by atoms with Gasteiger partial charge in [-0.25, -0.2) is 0 Å². The van der Waals surface area contributed by atoms with Crippen LogP contribution in [0, 0.1) is 0 Å². The summed E-state index contributed by atoms with van der Waals surface area (Å²) in [6.45, 7) is 2.93. The van der Waals surface area contributed by atoms with E-state index in [9.17, 15) is 5.11 Å². The molecule has 0 amide bonds. The second-order valence-corrected chi connectivity index (χ2v) is 11.5. The Kier molecular flexibility index (Phi) is 9.93. The van der Waals surface area contributed by atoms with Gasteiger partial charge in [0, 0.05) is 38.2 Å². The molecule has 0 unspecified atom stereocenters. The van der Waals surface area contributed by atoms with E-state index in [1.807, 2.05) is 24.3 Å². The summed E-state index contributed by atoms with van der Waals surface area (Å²) in [6, 6.07) is 46.0. The van der Waals surface area contributed by atoms with E-state index in [4.69, 9.17) is 15.2 Å². The fraction of sp³-hybridized carbons (Fsp3) is 0.231. The number of nitrogens with two attached hydrogens (primary N) is 1. The lowest BCUT2D eigenvalue weighted by molar-refractivity contribution is -0.253. The van der Waals surface area contributed by atoms with Gasteiger partial charge < -0.3 is 20.3 Å². The van der Waals surface area contributed by atoms with Gasteiger partial charge >= 0.3 is 0 Å². The zero-order valence-electron chi connectivity index (χ0n) is 25.0. The van der Waals surface area contributed by atoms with Crippen molar-refractivity contribution >= 4 is 0 Å². The number of ether oxygens (including phenoxy) is 2. The smallest absolute Gasteiger partial charge is 0.184 e. The molecule has 224 valence electrons. The second-order valence-electron chi connectivity index (χ2n) is 11.5. The van der Waals surface area contributed by atoms with E-state index in [0.717, 1.165) is 59.4 Å². The third-order valence-corrected chi connectivity index (χ3v) is 8.31. The van der Waals surface area contributed by atoms with Crippen molar-refractivity contribution in [2.45, 2.75) is 51.2 Å². The van der Waals surface area contributed by atoms with Crippen LogP contribution in [0.25, 0.3) is 11.1 Å². The molecule has 3 atom stereocenters. The van der Waals surface area contributed by atoms with Crippen LogP contribution in [-0.4, -0.2) is 22.7 Å². The normalized spacial score (nSPS) is 18.4. The molecule has 1 saturated heterocycles. The Morgan fingerprint density at radius 3 is 1.84 bits per heavy atom. The van der Waals surface area contributed by atoms with Gasteiger partial charge in [-0.05, 0) is 38.9 Å². The summed E-state index contributed by atoms with van der Waals surface area (Å²) in [5.41, 5.74) is 14.9. The highest BCUT2D eigenvalue weighted by atomic mass is 16.7. The monoisotopic (exact) mass is 584 g/mol. The van der Waals surface area contributed by atoms with Crippen LogP contribution in [-0.2, 0) is 35.7 Å². The molecule has 1 aliphatic rings. The Morgan fingerprint density at radius 1 is 0.636 bits per heavy atom. The van der Waals surface area contributed by atoms with Crippen molar-refractivity contribution in [3.8, 4) is 11.1 Å². The molecular formula is C39H40N2O3. The van der Waals surface area contributed by atoms with Gasteiger partial charge in [-0.15, -0.1) is 0 Å². The lowest BCUT2D eigenvalue weighted by Gasteiger charge is -2.38. The van der Waals surface area contributed by atoms with Crippen LogP contribution in [0.2, 0.25) is 0 Å². The third-order valence-electron chi connectivity index (χ3n) is 8.31. The van der Waals surface area contributed by atoms with E-state index in [-0.39, 0.29) is 18.8 Å². The van der Waals surface area contributed by atoms with Crippen molar-refractivity contribution in [1.82, 2.24) is 4.90 Å². The lowest BCUT2D eigenvalue weighted by atomic mass is 9.97. The number of hydrogen-bond donors (Lipinski definition) is 2. The average molecular weight is 585 g/mol. The van der Waals surface area contributed by atoms with Crippen LogP contribution in [0.15, 0.2) is 133 Å². The number of aliphatic hydroxyl groups excluding tert-OH is 1. The van der Waals surface area contributed by atoms with Crippen molar-refractivity contribution in [2.24, 2.45) is 5.73 Å². The molecule has 0 spiro atoms. The minimum absolute atomic E-state index is 0.0216. The van der Waals surface area contributed by atoms with Crippen molar-refractivity contribution in [1.29, 1.82) is 0 Å². The summed E-state index contributed by atoms with van der Waals surface area (Å²) in [5, 5.41) is 9.59. The Hall–Kier alpha value is -4.10. The van der Waals surface area contributed by atoms with Crippen molar-refractivity contribution < 1.29 is 14.6 Å². The molecule has 5 nitrogen and oxygen atoms in total. The molecule has 44 heavy (non-hydrogen) atoms. The van der Waals surface area contributed by atoms with Gasteiger partial charge in [0.1, 0.15) is 0 Å². The highest BCUT2D eigenvalue weighted by molar-refractivity contribution is 5.67. The SMILES string of the molecule is NCc1ccccc1-c1ccc([C@@H]2O[C@H](CN(Cc3ccccc3)Cc3ccccc3)C[C@H](c3ccc(CO)cc3)O2)cc1. The molecule has 1 aliphatic heterocycles. The average Bonchev–Trinajstić information content (AvgIpc) is 3.09. The molecule has 5 aromatic rings. The van der Waals surface area contributed by atoms with E-state index in [1.165, 1.54) is 11.1 Å². The molecule has 1 fully saturated rings. The van der Waals surface area contributed by atoms with E-state index in [0.29, 0.717) is 6.54 Å². The first kappa shape index (κ1) is 29.9. The first-order valence-corrected chi connectivity index (χ1v) is 15.4. The first-order valence-electron chi connectivity index (χ1n) is 15.4. The Labute approximate surface area is 260 Å². The van der Waals surface area contributed by atoms with Crippen LogP contribution < -0.4 is 5.73 Å². The van der Waals surface area contributed by atoms with E-state index in [1.54, 1.807) is 0 Å². The quantitative estimate of drug-likeness (QED) is 0.168. The molecule has 0 radical (unpaired) electrons. The maximum atomic E-state index is 9.59. The standard InChI is InChI=1S/C39H40N2O3/c40-24-35-13-7-8-14-37(35)32-19-21-34(22-20-32)39-43-36(23-38(44-39)33-17-15-31(28-42)16-18-33)27-41(25-29-9-3-1-4-10-29)26-30-11-5-2-6-12-30/h1-22,36,38-39,42H,23-28,40H2/t36-,38+,39+/m0/s1. The summed E-state index contributed by atoms with van der Waals surface area (Å²) in [7, 11) is 0. The van der Waals surface area contributed by atoms with Gasteiger partial charge in [0.25, 0.3) is 0 Å². The molecule has 1 heterocycles. The fourth-order valence-corrected chi connectivity index (χ4v) is 5.99. The maximum Gasteiger partial charge on any atom is 0.184 e. The number of hydrogen-bond acceptors (Lipinski definition) is 5. The summed E-state index contributed by atoms with van der Waals surface area (Å²) >= 11 is 0. The van der Waals surface area contributed by atoms with Gasteiger partial charge in [-0.2, -0.15) is 0 Å². The van der Waals surface area contributed by atoms with E-state index >= 15 is 0 Å². The number of nitrogens with zero attached hydrogens (tertiary/aromatic N) is 1. The minimum Gasteiger partial charge on any atom is -0.392 e. The van der Waals surface area contributed by atoms with Gasteiger partial charge in [-0.1, -0.05) is 133 Å².